The fourth-order valence-corrected chi connectivity index (χ4v) is 3.50. The van der Waals surface area contributed by atoms with Crippen LogP contribution in [0.2, 0.25) is 0 Å². The highest BCUT2D eigenvalue weighted by molar-refractivity contribution is 7.99. The molecule has 0 bridgehead atoms. The molecule has 2 aliphatic rings. The second-order valence-corrected chi connectivity index (χ2v) is 5.66. The van der Waals surface area contributed by atoms with Gasteiger partial charge in [0.25, 0.3) is 0 Å². The minimum atomic E-state index is -0.531. The van der Waals surface area contributed by atoms with Crippen LogP contribution in [0.15, 0.2) is 0 Å². The first-order valence-corrected chi connectivity index (χ1v) is 6.43. The Morgan fingerprint density at radius 1 is 1.31 bits per heavy atom. The molecule has 1 saturated heterocycles. The summed E-state index contributed by atoms with van der Waals surface area (Å²) in [5.74, 6) is 2.77. The first-order valence-electron chi connectivity index (χ1n) is 5.28. The zero-order valence-electron chi connectivity index (χ0n) is 8.04. The molecule has 1 unspecified atom stereocenters. The van der Waals surface area contributed by atoms with Crippen molar-refractivity contribution >= 4 is 11.8 Å². The van der Waals surface area contributed by atoms with E-state index in [2.05, 4.69) is 0 Å². The maximum Gasteiger partial charge on any atom is 0.0816 e. The van der Waals surface area contributed by atoms with Gasteiger partial charge in [-0.3, -0.25) is 0 Å². The number of hydrogen-bond donors (Lipinski definition) is 2. The Bertz CT molecular complexity index is 176. The molecule has 2 nitrogen and oxygen atoms in total. The van der Waals surface area contributed by atoms with Gasteiger partial charge in [-0.25, -0.2) is 0 Å². The van der Waals surface area contributed by atoms with E-state index in [0.29, 0.717) is 5.92 Å². The summed E-state index contributed by atoms with van der Waals surface area (Å²) in [6.07, 6.45) is 5.57. The van der Waals surface area contributed by atoms with Gasteiger partial charge in [0.1, 0.15) is 0 Å². The van der Waals surface area contributed by atoms with Crippen molar-refractivity contribution in [2.24, 2.45) is 11.7 Å². The third-order valence-electron chi connectivity index (χ3n) is 3.64. The first kappa shape index (κ1) is 9.81. The molecule has 2 rings (SSSR count). The molecule has 76 valence electrons. The second kappa shape index (κ2) is 3.79. The number of rotatable bonds is 2. The summed E-state index contributed by atoms with van der Waals surface area (Å²) in [5, 5.41) is 10.3. The van der Waals surface area contributed by atoms with Crippen LogP contribution in [0.5, 0.6) is 0 Å². The van der Waals surface area contributed by atoms with Gasteiger partial charge >= 0.3 is 0 Å². The average molecular weight is 201 g/mol. The van der Waals surface area contributed by atoms with Crippen LogP contribution in [0.25, 0.3) is 0 Å². The smallest absolute Gasteiger partial charge is 0.0816 e. The Labute approximate surface area is 84.3 Å². The average Bonchev–Trinajstić information content (AvgIpc) is 2.02. The zero-order valence-corrected chi connectivity index (χ0v) is 8.85. The van der Waals surface area contributed by atoms with Crippen molar-refractivity contribution in [1.29, 1.82) is 0 Å². The van der Waals surface area contributed by atoms with Gasteiger partial charge in [0.05, 0.1) is 5.60 Å². The van der Waals surface area contributed by atoms with E-state index in [9.17, 15) is 5.11 Å². The van der Waals surface area contributed by atoms with Crippen molar-refractivity contribution < 1.29 is 5.11 Å². The molecule has 3 heteroatoms. The maximum atomic E-state index is 10.3. The minimum absolute atomic E-state index is 0.0437. The Balaban J connectivity index is 1.94. The predicted molar refractivity (Wildman–Crippen MR) is 56.8 cm³/mol. The normalized spacial score (nSPS) is 30.9. The van der Waals surface area contributed by atoms with Crippen molar-refractivity contribution in [1.82, 2.24) is 0 Å². The van der Waals surface area contributed by atoms with Crippen molar-refractivity contribution in [3.8, 4) is 0 Å². The number of hydrogen-bond acceptors (Lipinski definition) is 3. The molecule has 1 aliphatic carbocycles. The van der Waals surface area contributed by atoms with Crippen molar-refractivity contribution in [2.45, 2.75) is 43.7 Å². The molecule has 13 heavy (non-hydrogen) atoms. The van der Waals surface area contributed by atoms with Gasteiger partial charge in [-0.2, -0.15) is 11.8 Å². The Hall–Kier alpha value is 0.270. The maximum absolute atomic E-state index is 10.3. The Morgan fingerprint density at radius 3 is 2.38 bits per heavy atom. The molecule has 0 amide bonds. The fourth-order valence-electron chi connectivity index (χ4n) is 2.30. The molecular weight excluding hydrogens is 182 g/mol. The van der Waals surface area contributed by atoms with E-state index in [1.165, 1.54) is 19.3 Å². The molecular formula is C10H19NOS. The molecule has 3 N–H and O–H groups in total. The van der Waals surface area contributed by atoms with E-state index < -0.39 is 5.60 Å². The molecule has 1 atom stereocenters. The monoisotopic (exact) mass is 201 g/mol. The topological polar surface area (TPSA) is 46.2 Å². The lowest BCUT2D eigenvalue weighted by Crippen LogP contribution is -2.55. The number of aliphatic hydroxyl groups is 1. The van der Waals surface area contributed by atoms with Crippen LogP contribution in [-0.4, -0.2) is 28.3 Å². The molecule has 0 radical (unpaired) electrons. The van der Waals surface area contributed by atoms with Crippen LogP contribution in [0.1, 0.15) is 32.1 Å². The van der Waals surface area contributed by atoms with Gasteiger partial charge < -0.3 is 10.8 Å². The van der Waals surface area contributed by atoms with E-state index in [0.717, 1.165) is 24.3 Å². The van der Waals surface area contributed by atoms with Gasteiger partial charge in [-0.1, -0.05) is 6.42 Å². The predicted octanol–water partition coefficient (Wildman–Crippen LogP) is 1.37. The SMILES string of the molecule is NC(C1CCC1)C1(O)CCSCC1. The Morgan fingerprint density at radius 2 is 1.92 bits per heavy atom. The fraction of sp³-hybridized carbons (Fsp3) is 1.00. The summed E-state index contributed by atoms with van der Waals surface area (Å²) in [4.78, 5) is 0. The minimum Gasteiger partial charge on any atom is -0.388 e. The summed E-state index contributed by atoms with van der Waals surface area (Å²) >= 11 is 1.94. The summed E-state index contributed by atoms with van der Waals surface area (Å²) in [6.45, 7) is 0. The third kappa shape index (κ3) is 1.88. The van der Waals surface area contributed by atoms with Gasteiger partial charge in [-0.05, 0) is 43.1 Å². The second-order valence-electron chi connectivity index (χ2n) is 4.43. The van der Waals surface area contributed by atoms with Crippen molar-refractivity contribution in [2.75, 3.05) is 11.5 Å². The highest BCUT2D eigenvalue weighted by Gasteiger charge is 2.41. The van der Waals surface area contributed by atoms with Crippen molar-refractivity contribution in [3.63, 3.8) is 0 Å². The quantitative estimate of drug-likeness (QED) is 0.709. The van der Waals surface area contributed by atoms with Gasteiger partial charge in [0.15, 0.2) is 0 Å². The summed E-state index contributed by atoms with van der Waals surface area (Å²) in [6, 6.07) is 0.0437. The molecule has 2 fully saturated rings. The summed E-state index contributed by atoms with van der Waals surface area (Å²) < 4.78 is 0. The lowest BCUT2D eigenvalue weighted by Gasteiger charge is -2.43. The van der Waals surface area contributed by atoms with Crippen LogP contribution >= 0.6 is 11.8 Å². The van der Waals surface area contributed by atoms with E-state index >= 15 is 0 Å². The largest absolute Gasteiger partial charge is 0.388 e. The molecule has 0 aromatic carbocycles. The highest BCUT2D eigenvalue weighted by atomic mass is 32.2. The molecule has 0 spiro atoms. The van der Waals surface area contributed by atoms with Gasteiger partial charge in [0, 0.05) is 6.04 Å². The highest BCUT2D eigenvalue weighted by Crippen LogP contribution is 2.38. The lowest BCUT2D eigenvalue weighted by atomic mass is 9.71. The summed E-state index contributed by atoms with van der Waals surface area (Å²) in [7, 11) is 0. The number of thioether (sulfide) groups is 1. The van der Waals surface area contributed by atoms with Crippen LogP contribution in [0.3, 0.4) is 0 Å². The third-order valence-corrected chi connectivity index (χ3v) is 4.62. The molecule has 1 saturated carbocycles. The van der Waals surface area contributed by atoms with Crippen LogP contribution in [-0.2, 0) is 0 Å². The van der Waals surface area contributed by atoms with E-state index in [4.69, 9.17) is 5.73 Å². The van der Waals surface area contributed by atoms with Crippen molar-refractivity contribution in [3.05, 3.63) is 0 Å². The van der Waals surface area contributed by atoms with Gasteiger partial charge in [-0.15, -0.1) is 0 Å². The molecule has 0 aromatic rings. The summed E-state index contributed by atoms with van der Waals surface area (Å²) in [5.41, 5.74) is 5.60. The van der Waals surface area contributed by atoms with Crippen LogP contribution < -0.4 is 5.73 Å². The lowest BCUT2D eigenvalue weighted by molar-refractivity contribution is -0.0249. The van der Waals surface area contributed by atoms with E-state index in [1.807, 2.05) is 11.8 Å². The Kier molecular flexibility index (Phi) is 2.86. The van der Waals surface area contributed by atoms with E-state index in [1.54, 1.807) is 0 Å². The van der Waals surface area contributed by atoms with Crippen LogP contribution in [0.4, 0.5) is 0 Å². The molecule has 1 heterocycles. The zero-order chi connectivity index (χ0) is 9.31. The van der Waals surface area contributed by atoms with E-state index in [-0.39, 0.29) is 6.04 Å². The van der Waals surface area contributed by atoms with Gasteiger partial charge in [0.2, 0.25) is 0 Å². The molecule has 1 aliphatic heterocycles. The number of nitrogens with two attached hydrogens (primary N) is 1. The molecule has 0 aromatic heterocycles. The standard InChI is InChI=1S/C10H19NOS/c11-9(8-2-1-3-8)10(12)4-6-13-7-5-10/h8-9,12H,1-7,11H2. The van der Waals surface area contributed by atoms with Crippen LogP contribution in [0, 0.1) is 5.92 Å². The first-order chi connectivity index (χ1) is 6.22.